The molecular weight excluding hydrogens is 208 g/mol. The molecule has 3 atom stereocenters. The molecule has 0 spiro atoms. The lowest BCUT2D eigenvalue weighted by Gasteiger charge is -2.30. The highest BCUT2D eigenvalue weighted by molar-refractivity contribution is 5.50. The Bertz CT molecular complexity index is 356. The smallest absolute Gasteiger partial charge is 0.0371 e. The molecule has 1 aliphatic heterocycles. The van der Waals surface area contributed by atoms with Crippen molar-refractivity contribution in [3.05, 3.63) is 29.8 Å². The lowest BCUT2D eigenvalue weighted by molar-refractivity contribution is 0.628. The van der Waals surface area contributed by atoms with Crippen LogP contribution in [0.4, 0.5) is 5.69 Å². The molecule has 0 amide bonds. The Hall–Kier alpha value is -1.02. The largest absolute Gasteiger partial charge is 0.366 e. The van der Waals surface area contributed by atoms with Gasteiger partial charge in [0.1, 0.15) is 0 Å². The van der Waals surface area contributed by atoms with E-state index in [2.05, 4.69) is 43.0 Å². The molecule has 1 fully saturated rings. The van der Waals surface area contributed by atoms with Crippen LogP contribution in [-0.4, -0.2) is 12.1 Å². The number of nitrogens with zero attached hydrogens (tertiary/aromatic N) is 1. The molecule has 2 rings (SSSR count). The zero-order chi connectivity index (χ0) is 12.4. The fourth-order valence-electron chi connectivity index (χ4n) is 2.89. The van der Waals surface area contributed by atoms with Gasteiger partial charge in [0.2, 0.25) is 0 Å². The molecule has 1 aliphatic rings. The molecule has 2 N–H and O–H groups in total. The Morgan fingerprint density at radius 1 is 1.29 bits per heavy atom. The van der Waals surface area contributed by atoms with Crippen molar-refractivity contribution < 1.29 is 0 Å². The minimum atomic E-state index is 0.127. The summed E-state index contributed by atoms with van der Waals surface area (Å²) in [6, 6.07) is 10.3. The first-order chi connectivity index (χ1) is 8.13. The van der Waals surface area contributed by atoms with Gasteiger partial charge in [0.15, 0.2) is 0 Å². The van der Waals surface area contributed by atoms with Crippen LogP contribution in [0.25, 0.3) is 0 Å². The van der Waals surface area contributed by atoms with Crippen LogP contribution in [0.15, 0.2) is 24.3 Å². The van der Waals surface area contributed by atoms with E-state index >= 15 is 0 Å². The average Bonchev–Trinajstić information content (AvgIpc) is 2.70. The minimum Gasteiger partial charge on any atom is -0.366 e. The molecule has 94 valence electrons. The second kappa shape index (κ2) is 5.09. The highest BCUT2D eigenvalue weighted by Gasteiger charge is 2.29. The zero-order valence-corrected chi connectivity index (χ0v) is 11.2. The third-order valence-electron chi connectivity index (χ3n) is 3.97. The zero-order valence-electron chi connectivity index (χ0n) is 11.2. The lowest BCUT2D eigenvalue weighted by Crippen LogP contribution is -2.34. The third-order valence-corrected chi connectivity index (χ3v) is 3.97. The predicted octanol–water partition coefficient (Wildman–Crippen LogP) is 3.47. The number of hydrogen-bond donors (Lipinski definition) is 1. The quantitative estimate of drug-likeness (QED) is 0.864. The monoisotopic (exact) mass is 232 g/mol. The van der Waals surface area contributed by atoms with Gasteiger partial charge >= 0.3 is 0 Å². The van der Waals surface area contributed by atoms with Gasteiger partial charge in [-0.1, -0.05) is 19.1 Å². The minimum absolute atomic E-state index is 0.127. The highest BCUT2D eigenvalue weighted by atomic mass is 15.2. The van der Waals surface area contributed by atoms with E-state index in [0.29, 0.717) is 12.1 Å². The van der Waals surface area contributed by atoms with Gasteiger partial charge in [0.05, 0.1) is 0 Å². The third kappa shape index (κ3) is 2.47. The molecule has 2 nitrogen and oxygen atoms in total. The second-order valence-corrected chi connectivity index (χ2v) is 5.28. The molecule has 1 aromatic rings. The molecule has 0 saturated carbocycles. The van der Waals surface area contributed by atoms with Crippen LogP contribution in [0, 0.1) is 0 Å². The van der Waals surface area contributed by atoms with Crippen LogP contribution in [0.2, 0.25) is 0 Å². The van der Waals surface area contributed by atoms with Crippen molar-refractivity contribution in [2.45, 2.75) is 58.2 Å². The standard InChI is InChI=1S/C15H24N2/c1-4-14-8-5-11(2)17(14)15-9-6-13(7-10-15)12(3)16/h6-7,9-12,14H,4-5,8,16H2,1-3H3. The summed E-state index contributed by atoms with van der Waals surface area (Å²) in [6.45, 7) is 6.64. The number of nitrogens with two attached hydrogens (primary N) is 1. The van der Waals surface area contributed by atoms with Gasteiger partial charge in [-0.2, -0.15) is 0 Å². The summed E-state index contributed by atoms with van der Waals surface area (Å²) in [5.74, 6) is 0. The van der Waals surface area contributed by atoms with E-state index in [0.717, 1.165) is 0 Å². The summed E-state index contributed by atoms with van der Waals surface area (Å²) in [5.41, 5.74) is 8.45. The van der Waals surface area contributed by atoms with E-state index in [4.69, 9.17) is 5.73 Å². The van der Waals surface area contributed by atoms with E-state index < -0.39 is 0 Å². The Morgan fingerprint density at radius 2 is 1.94 bits per heavy atom. The molecule has 0 aliphatic carbocycles. The number of benzene rings is 1. The molecule has 0 bridgehead atoms. The summed E-state index contributed by atoms with van der Waals surface area (Å²) in [7, 11) is 0. The van der Waals surface area contributed by atoms with Crippen molar-refractivity contribution in [3.63, 3.8) is 0 Å². The normalized spacial score (nSPS) is 26.2. The van der Waals surface area contributed by atoms with Crippen molar-refractivity contribution in [2.75, 3.05) is 4.90 Å². The first-order valence-electron chi connectivity index (χ1n) is 6.77. The Labute approximate surface area is 105 Å². The Morgan fingerprint density at radius 3 is 2.47 bits per heavy atom. The van der Waals surface area contributed by atoms with Crippen LogP contribution < -0.4 is 10.6 Å². The van der Waals surface area contributed by atoms with E-state index in [1.165, 1.54) is 30.5 Å². The number of anilines is 1. The van der Waals surface area contributed by atoms with Crippen LogP contribution >= 0.6 is 0 Å². The van der Waals surface area contributed by atoms with Crippen molar-refractivity contribution in [3.8, 4) is 0 Å². The summed E-state index contributed by atoms with van der Waals surface area (Å²) < 4.78 is 0. The van der Waals surface area contributed by atoms with Gasteiger partial charge in [0, 0.05) is 23.8 Å². The molecule has 0 aromatic heterocycles. The van der Waals surface area contributed by atoms with Gasteiger partial charge in [-0.05, 0) is 50.8 Å². The molecule has 2 heteroatoms. The van der Waals surface area contributed by atoms with Crippen LogP contribution in [0.3, 0.4) is 0 Å². The Balaban J connectivity index is 2.21. The number of hydrogen-bond acceptors (Lipinski definition) is 2. The van der Waals surface area contributed by atoms with Crippen LogP contribution in [-0.2, 0) is 0 Å². The second-order valence-electron chi connectivity index (χ2n) is 5.28. The molecule has 1 saturated heterocycles. The summed E-state index contributed by atoms with van der Waals surface area (Å²) in [5, 5.41) is 0. The molecular formula is C15H24N2. The predicted molar refractivity (Wildman–Crippen MR) is 74.3 cm³/mol. The molecule has 1 heterocycles. The SMILES string of the molecule is CCC1CCC(C)N1c1ccc(C(C)N)cc1. The van der Waals surface area contributed by atoms with E-state index in [1.807, 2.05) is 6.92 Å². The van der Waals surface area contributed by atoms with Crippen molar-refractivity contribution in [2.24, 2.45) is 5.73 Å². The van der Waals surface area contributed by atoms with E-state index in [9.17, 15) is 0 Å². The molecule has 17 heavy (non-hydrogen) atoms. The van der Waals surface area contributed by atoms with Gasteiger partial charge < -0.3 is 10.6 Å². The maximum Gasteiger partial charge on any atom is 0.0371 e. The van der Waals surface area contributed by atoms with Crippen molar-refractivity contribution in [1.82, 2.24) is 0 Å². The highest BCUT2D eigenvalue weighted by Crippen LogP contribution is 2.32. The number of rotatable bonds is 3. The maximum absolute atomic E-state index is 5.88. The summed E-state index contributed by atoms with van der Waals surface area (Å²) in [4.78, 5) is 2.57. The van der Waals surface area contributed by atoms with Gasteiger partial charge in [-0.25, -0.2) is 0 Å². The lowest BCUT2D eigenvalue weighted by atomic mass is 10.1. The molecule has 0 radical (unpaired) electrons. The average molecular weight is 232 g/mol. The van der Waals surface area contributed by atoms with Gasteiger partial charge in [-0.3, -0.25) is 0 Å². The van der Waals surface area contributed by atoms with Gasteiger partial charge in [-0.15, -0.1) is 0 Å². The first kappa shape index (κ1) is 12.4. The maximum atomic E-state index is 5.88. The summed E-state index contributed by atoms with van der Waals surface area (Å²) in [6.07, 6.45) is 3.87. The topological polar surface area (TPSA) is 29.3 Å². The van der Waals surface area contributed by atoms with E-state index in [1.54, 1.807) is 0 Å². The molecule has 1 aromatic carbocycles. The van der Waals surface area contributed by atoms with Crippen LogP contribution in [0.1, 0.15) is 51.6 Å². The van der Waals surface area contributed by atoms with Crippen LogP contribution in [0.5, 0.6) is 0 Å². The van der Waals surface area contributed by atoms with E-state index in [-0.39, 0.29) is 6.04 Å². The fraction of sp³-hybridized carbons (Fsp3) is 0.600. The Kier molecular flexibility index (Phi) is 3.72. The molecule has 3 unspecified atom stereocenters. The van der Waals surface area contributed by atoms with Gasteiger partial charge in [0.25, 0.3) is 0 Å². The fourth-order valence-corrected chi connectivity index (χ4v) is 2.89. The first-order valence-corrected chi connectivity index (χ1v) is 6.77. The van der Waals surface area contributed by atoms with Crippen molar-refractivity contribution >= 4 is 5.69 Å². The van der Waals surface area contributed by atoms with Crippen molar-refractivity contribution in [1.29, 1.82) is 0 Å². The summed E-state index contributed by atoms with van der Waals surface area (Å²) >= 11 is 0.